The third-order valence-electron chi connectivity index (χ3n) is 7.67. The molecular formula is C46H66N4. The van der Waals surface area contributed by atoms with E-state index in [0.29, 0.717) is 10.8 Å². The number of aromatic nitrogens is 4. The summed E-state index contributed by atoms with van der Waals surface area (Å²) in [5.41, 5.74) is 7.57. The van der Waals surface area contributed by atoms with Crippen LogP contribution in [0.5, 0.6) is 0 Å². The molecule has 0 radical (unpaired) electrons. The Kier molecular flexibility index (Phi) is 17.4. The molecule has 3 aromatic heterocycles. The minimum atomic E-state index is 0.168. The van der Waals surface area contributed by atoms with Crippen molar-refractivity contribution in [3.8, 4) is 0 Å². The van der Waals surface area contributed by atoms with E-state index in [1.54, 1.807) is 12.5 Å². The average molecular weight is 675 g/mol. The second-order valence-corrected chi connectivity index (χ2v) is 17.6. The van der Waals surface area contributed by atoms with Gasteiger partial charge in [0.15, 0.2) is 0 Å². The summed E-state index contributed by atoms with van der Waals surface area (Å²) in [6.45, 7) is 32.8. The van der Waals surface area contributed by atoms with Gasteiger partial charge in [-0.05, 0) is 62.1 Å². The maximum Gasteiger partial charge on any atom is 0.115 e. The summed E-state index contributed by atoms with van der Waals surface area (Å²) in [7, 11) is 0. The molecule has 0 saturated heterocycles. The van der Waals surface area contributed by atoms with Gasteiger partial charge in [0.1, 0.15) is 6.33 Å². The van der Waals surface area contributed by atoms with E-state index in [4.69, 9.17) is 0 Å². The smallest absolute Gasteiger partial charge is 0.115 e. The van der Waals surface area contributed by atoms with Crippen LogP contribution < -0.4 is 0 Å². The molecule has 0 unspecified atom stereocenters. The highest BCUT2D eigenvalue weighted by Gasteiger charge is 2.15. The Morgan fingerprint density at radius 3 is 0.940 bits per heavy atom. The number of nitrogens with zero attached hydrogens (tertiary/aromatic N) is 4. The molecule has 0 amide bonds. The van der Waals surface area contributed by atoms with E-state index in [1.165, 1.54) is 22.3 Å². The molecule has 0 aliphatic rings. The van der Waals surface area contributed by atoms with Crippen molar-refractivity contribution < 1.29 is 0 Å². The molecule has 0 fully saturated rings. The predicted octanol–water partition coefficient (Wildman–Crippen LogP) is 12.5. The molecule has 5 aromatic rings. The minimum Gasteiger partial charge on any atom is -0.264 e. The molecule has 3 heterocycles. The van der Waals surface area contributed by atoms with Crippen LogP contribution in [0.4, 0.5) is 0 Å². The van der Waals surface area contributed by atoms with E-state index in [1.807, 2.05) is 43.0 Å². The SMILES string of the molecule is CC(C)(C)c1ccccc1.CC(C)(C)c1ccccc1.CC(C)(C)c1ccccn1.CC(C)(C)c1cccnc1.CC(C)(C)c1cncnc1. The Morgan fingerprint density at radius 1 is 0.320 bits per heavy atom. The lowest BCUT2D eigenvalue weighted by molar-refractivity contribution is 0.569. The van der Waals surface area contributed by atoms with E-state index < -0.39 is 0 Å². The summed E-state index contributed by atoms with van der Waals surface area (Å²) in [6, 6.07) is 31.2. The lowest BCUT2D eigenvalue weighted by Crippen LogP contribution is -2.12. The molecule has 2 aromatic carbocycles. The quantitative estimate of drug-likeness (QED) is 0.164. The van der Waals surface area contributed by atoms with Crippen LogP contribution in [0.2, 0.25) is 0 Å². The summed E-state index contributed by atoms with van der Waals surface area (Å²) >= 11 is 0. The highest BCUT2D eigenvalue weighted by Crippen LogP contribution is 2.23. The summed E-state index contributed by atoms with van der Waals surface area (Å²) in [5, 5.41) is 0. The summed E-state index contributed by atoms with van der Waals surface area (Å²) < 4.78 is 0. The molecular weight excluding hydrogens is 609 g/mol. The van der Waals surface area contributed by atoms with Gasteiger partial charge in [0.05, 0.1) is 0 Å². The van der Waals surface area contributed by atoms with Gasteiger partial charge in [-0.2, -0.15) is 0 Å². The monoisotopic (exact) mass is 675 g/mol. The van der Waals surface area contributed by atoms with E-state index in [9.17, 15) is 0 Å². The van der Waals surface area contributed by atoms with Crippen molar-refractivity contribution >= 4 is 0 Å². The van der Waals surface area contributed by atoms with E-state index in [0.717, 1.165) is 5.69 Å². The van der Waals surface area contributed by atoms with Crippen molar-refractivity contribution in [1.29, 1.82) is 0 Å². The maximum atomic E-state index is 4.25. The zero-order valence-corrected chi connectivity index (χ0v) is 33.9. The van der Waals surface area contributed by atoms with E-state index in [2.05, 4.69) is 197 Å². The summed E-state index contributed by atoms with van der Waals surface area (Å²) in [4.78, 5) is 16.2. The van der Waals surface area contributed by atoms with Gasteiger partial charge < -0.3 is 0 Å². The van der Waals surface area contributed by atoms with Crippen LogP contribution in [-0.2, 0) is 27.1 Å². The normalized spacial score (nSPS) is 11.5. The van der Waals surface area contributed by atoms with Gasteiger partial charge in [-0.1, -0.05) is 177 Å². The number of rotatable bonds is 0. The summed E-state index contributed by atoms with van der Waals surface area (Å²) in [5.74, 6) is 0. The van der Waals surface area contributed by atoms with Crippen molar-refractivity contribution in [2.24, 2.45) is 0 Å². The zero-order valence-electron chi connectivity index (χ0n) is 33.9. The molecule has 0 N–H and O–H groups in total. The van der Waals surface area contributed by atoms with E-state index >= 15 is 0 Å². The average Bonchev–Trinajstić information content (AvgIpc) is 3.06. The van der Waals surface area contributed by atoms with Crippen molar-refractivity contribution in [3.63, 3.8) is 0 Å². The first kappa shape index (κ1) is 43.8. The highest BCUT2D eigenvalue weighted by molar-refractivity contribution is 5.23. The second kappa shape index (κ2) is 19.9. The Hall–Kier alpha value is -4.18. The van der Waals surface area contributed by atoms with Crippen LogP contribution in [0, 0.1) is 0 Å². The fourth-order valence-corrected chi connectivity index (χ4v) is 4.18. The van der Waals surface area contributed by atoms with Crippen molar-refractivity contribution in [3.05, 3.63) is 156 Å². The van der Waals surface area contributed by atoms with Crippen LogP contribution in [0.3, 0.4) is 0 Å². The molecule has 50 heavy (non-hydrogen) atoms. The lowest BCUT2D eigenvalue weighted by Gasteiger charge is -2.18. The van der Waals surface area contributed by atoms with Gasteiger partial charge in [0, 0.05) is 42.1 Å². The largest absolute Gasteiger partial charge is 0.264 e. The molecule has 4 nitrogen and oxygen atoms in total. The maximum absolute atomic E-state index is 4.25. The number of hydrogen-bond acceptors (Lipinski definition) is 4. The van der Waals surface area contributed by atoms with Crippen molar-refractivity contribution in [1.82, 2.24) is 19.9 Å². The number of benzene rings is 2. The molecule has 0 aliphatic heterocycles. The van der Waals surface area contributed by atoms with Crippen LogP contribution in [0.1, 0.15) is 132 Å². The first-order chi connectivity index (χ1) is 23.0. The zero-order chi connectivity index (χ0) is 38.1. The lowest BCUT2D eigenvalue weighted by atomic mass is 9.87. The molecule has 0 bridgehead atoms. The molecule has 0 spiro atoms. The van der Waals surface area contributed by atoms with Crippen LogP contribution in [0.25, 0.3) is 0 Å². The molecule has 0 aliphatic carbocycles. The topological polar surface area (TPSA) is 51.6 Å². The van der Waals surface area contributed by atoms with Gasteiger partial charge in [-0.25, -0.2) is 9.97 Å². The van der Waals surface area contributed by atoms with Crippen molar-refractivity contribution in [2.45, 2.75) is 131 Å². The summed E-state index contributed by atoms with van der Waals surface area (Å²) in [6.07, 6.45) is 10.8. The first-order valence-corrected chi connectivity index (χ1v) is 17.7. The third kappa shape index (κ3) is 18.5. The first-order valence-electron chi connectivity index (χ1n) is 17.7. The molecule has 5 rings (SSSR count). The van der Waals surface area contributed by atoms with Gasteiger partial charge in [0.25, 0.3) is 0 Å². The fourth-order valence-electron chi connectivity index (χ4n) is 4.18. The van der Waals surface area contributed by atoms with Crippen LogP contribution in [-0.4, -0.2) is 19.9 Å². The minimum absolute atomic E-state index is 0.168. The molecule has 0 atom stereocenters. The highest BCUT2D eigenvalue weighted by atomic mass is 14.8. The molecule has 270 valence electrons. The van der Waals surface area contributed by atoms with Crippen LogP contribution in [0.15, 0.2) is 128 Å². The Bertz CT molecular complexity index is 1260. The van der Waals surface area contributed by atoms with Gasteiger partial charge in [-0.3, -0.25) is 9.97 Å². The predicted molar refractivity (Wildman–Crippen MR) is 217 cm³/mol. The third-order valence-corrected chi connectivity index (χ3v) is 7.67. The number of hydrogen-bond donors (Lipinski definition) is 0. The van der Waals surface area contributed by atoms with Gasteiger partial charge in [-0.15, -0.1) is 0 Å². The second-order valence-electron chi connectivity index (χ2n) is 17.6. The Balaban J connectivity index is 0.000000312. The van der Waals surface area contributed by atoms with Gasteiger partial charge in [0.2, 0.25) is 0 Å². The van der Waals surface area contributed by atoms with Crippen molar-refractivity contribution in [2.75, 3.05) is 0 Å². The number of pyridine rings is 2. The Labute approximate surface area is 306 Å². The van der Waals surface area contributed by atoms with Crippen LogP contribution >= 0.6 is 0 Å². The Morgan fingerprint density at radius 2 is 0.700 bits per heavy atom. The molecule has 4 heteroatoms. The fraction of sp³-hybridized carbons (Fsp3) is 0.435. The molecule has 0 saturated carbocycles. The van der Waals surface area contributed by atoms with Gasteiger partial charge >= 0.3 is 0 Å². The van der Waals surface area contributed by atoms with E-state index in [-0.39, 0.29) is 16.2 Å². The standard InChI is InChI=1S/2C10H14.2C9H13N.C8H12N2/c2*1-10(2,3)9-7-5-4-6-8-9;1-9(2,3)8-5-4-6-10-7-8;1-9(2,3)8-6-4-5-7-10-8;1-8(2,3)7-4-9-6-10-5-7/h2*4-8H,1-3H3;2*4-7H,1-3H3;4-6H,1-3H3.